The Morgan fingerprint density at radius 3 is 2.62 bits per heavy atom. The SMILES string of the molecule is CCC1(CNS(=O)(=O)c2csc(CNC(C)C)c2)CCC1. The molecular formula is C15H26N2O2S2. The zero-order valence-corrected chi connectivity index (χ0v) is 14.7. The van der Waals surface area contributed by atoms with Crippen LogP contribution < -0.4 is 10.0 Å². The first kappa shape index (κ1) is 16.9. The number of thiophene rings is 1. The molecule has 6 heteroatoms. The fourth-order valence-corrected chi connectivity index (χ4v) is 4.95. The Hall–Kier alpha value is -0.430. The maximum Gasteiger partial charge on any atom is 0.241 e. The van der Waals surface area contributed by atoms with E-state index in [9.17, 15) is 8.42 Å². The van der Waals surface area contributed by atoms with Gasteiger partial charge in [-0.2, -0.15) is 0 Å². The Morgan fingerprint density at radius 1 is 1.38 bits per heavy atom. The second-order valence-corrected chi connectivity index (χ2v) is 9.08. The molecule has 0 bridgehead atoms. The molecule has 21 heavy (non-hydrogen) atoms. The molecule has 1 fully saturated rings. The lowest BCUT2D eigenvalue weighted by atomic mass is 9.67. The number of sulfonamides is 1. The van der Waals surface area contributed by atoms with Crippen molar-refractivity contribution in [2.24, 2.45) is 5.41 Å². The molecule has 1 heterocycles. The molecular weight excluding hydrogens is 304 g/mol. The molecule has 0 radical (unpaired) electrons. The quantitative estimate of drug-likeness (QED) is 0.770. The molecule has 1 aliphatic rings. The van der Waals surface area contributed by atoms with Gasteiger partial charge in [-0.05, 0) is 30.7 Å². The van der Waals surface area contributed by atoms with Crippen molar-refractivity contribution in [1.29, 1.82) is 0 Å². The normalized spacial score (nSPS) is 17.9. The summed E-state index contributed by atoms with van der Waals surface area (Å²) in [6.45, 7) is 7.59. The van der Waals surface area contributed by atoms with E-state index in [4.69, 9.17) is 0 Å². The van der Waals surface area contributed by atoms with E-state index in [0.29, 0.717) is 17.5 Å². The summed E-state index contributed by atoms with van der Waals surface area (Å²) in [5.74, 6) is 0. The van der Waals surface area contributed by atoms with Gasteiger partial charge in [0.1, 0.15) is 0 Å². The van der Waals surface area contributed by atoms with E-state index >= 15 is 0 Å². The summed E-state index contributed by atoms with van der Waals surface area (Å²) in [6.07, 6.45) is 4.54. The van der Waals surface area contributed by atoms with E-state index in [0.717, 1.165) is 30.7 Å². The minimum Gasteiger partial charge on any atom is -0.310 e. The van der Waals surface area contributed by atoms with E-state index in [1.54, 1.807) is 11.4 Å². The first-order valence-electron chi connectivity index (χ1n) is 7.67. The van der Waals surface area contributed by atoms with Crippen LogP contribution >= 0.6 is 11.3 Å². The molecule has 2 N–H and O–H groups in total. The summed E-state index contributed by atoms with van der Waals surface area (Å²) in [7, 11) is -3.36. The van der Waals surface area contributed by atoms with E-state index in [1.165, 1.54) is 17.8 Å². The average Bonchev–Trinajstić information content (AvgIpc) is 2.85. The van der Waals surface area contributed by atoms with Gasteiger partial charge in [0.2, 0.25) is 10.0 Å². The molecule has 0 amide bonds. The van der Waals surface area contributed by atoms with Gasteiger partial charge in [-0.3, -0.25) is 0 Å². The lowest BCUT2D eigenvalue weighted by Gasteiger charge is -2.41. The molecule has 0 aromatic carbocycles. The van der Waals surface area contributed by atoms with Crippen LogP contribution in [0, 0.1) is 5.41 Å². The molecule has 1 aromatic rings. The van der Waals surface area contributed by atoms with Crippen molar-refractivity contribution in [3.05, 3.63) is 16.3 Å². The predicted molar refractivity (Wildman–Crippen MR) is 88.1 cm³/mol. The highest BCUT2D eigenvalue weighted by molar-refractivity contribution is 7.89. The van der Waals surface area contributed by atoms with Gasteiger partial charge in [-0.1, -0.05) is 27.2 Å². The molecule has 0 spiro atoms. The second-order valence-electron chi connectivity index (χ2n) is 6.32. The first-order chi connectivity index (χ1) is 9.87. The van der Waals surface area contributed by atoms with Gasteiger partial charge in [0.25, 0.3) is 0 Å². The monoisotopic (exact) mass is 330 g/mol. The van der Waals surface area contributed by atoms with Crippen molar-refractivity contribution in [2.75, 3.05) is 6.54 Å². The van der Waals surface area contributed by atoms with Crippen molar-refractivity contribution < 1.29 is 8.42 Å². The van der Waals surface area contributed by atoms with Gasteiger partial charge in [0, 0.05) is 29.4 Å². The third kappa shape index (κ3) is 4.28. The zero-order valence-electron chi connectivity index (χ0n) is 13.1. The molecule has 1 aliphatic carbocycles. The van der Waals surface area contributed by atoms with Crippen LogP contribution in [0.5, 0.6) is 0 Å². The number of rotatable bonds is 8. The maximum absolute atomic E-state index is 12.4. The van der Waals surface area contributed by atoms with E-state index in [-0.39, 0.29) is 5.41 Å². The summed E-state index contributed by atoms with van der Waals surface area (Å²) in [4.78, 5) is 1.46. The Morgan fingerprint density at radius 2 is 2.10 bits per heavy atom. The van der Waals surface area contributed by atoms with Crippen LogP contribution in [0.2, 0.25) is 0 Å². The van der Waals surface area contributed by atoms with Crippen molar-refractivity contribution in [2.45, 2.75) is 63.9 Å². The molecule has 1 aromatic heterocycles. The molecule has 0 unspecified atom stereocenters. The van der Waals surface area contributed by atoms with Gasteiger partial charge in [0.15, 0.2) is 0 Å². The zero-order chi connectivity index (χ0) is 15.5. The number of hydrogen-bond donors (Lipinski definition) is 2. The highest BCUT2D eigenvalue weighted by Gasteiger charge is 2.36. The van der Waals surface area contributed by atoms with Gasteiger partial charge in [-0.15, -0.1) is 11.3 Å². The van der Waals surface area contributed by atoms with Crippen LogP contribution in [0.1, 0.15) is 51.3 Å². The van der Waals surface area contributed by atoms with Crippen molar-refractivity contribution in [1.82, 2.24) is 10.0 Å². The molecule has 1 saturated carbocycles. The Labute approximate surface area is 132 Å². The summed E-state index contributed by atoms with van der Waals surface area (Å²) in [6, 6.07) is 2.18. The van der Waals surface area contributed by atoms with Gasteiger partial charge >= 0.3 is 0 Å². The summed E-state index contributed by atoms with van der Waals surface area (Å²) in [5.41, 5.74) is 0.200. The van der Waals surface area contributed by atoms with Gasteiger partial charge in [0.05, 0.1) is 4.90 Å². The van der Waals surface area contributed by atoms with Crippen molar-refractivity contribution in [3.8, 4) is 0 Å². The molecule has 0 saturated heterocycles. The fourth-order valence-electron chi connectivity index (χ4n) is 2.56. The average molecular weight is 331 g/mol. The maximum atomic E-state index is 12.4. The third-order valence-electron chi connectivity index (χ3n) is 4.43. The van der Waals surface area contributed by atoms with Crippen molar-refractivity contribution in [3.63, 3.8) is 0 Å². The largest absolute Gasteiger partial charge is 0.310 e. The lowest BCUT2D eigenvalue weighted by molar-refractivity contribution is 0.133. The Kier molecular flexibility index (Phi) is 5.46. The molecule has 120 valence electrons. The van der Waals surface area contributed by atoms with Crippen LogP contribution in [0.25, 0.3) is 0 Å². The van der Waals surface area contributed by atoms with E-state index in [1.807, 2.05) is 0 Å². The Balaban J connectivity index is 1.96. The number of hydrogen-bond acceptors (Lipinski definition) is 4. The minimum atomic E-state index is -3.36. The standard InChI is InChI=1S/C15H26N2O2S2/c1-4-15(6-5-7-15)11-17-21(18,19)14-8-13(20-10-14)9-16-12(2)3/h8,10,12,16-17H,4-7,9,11H2,1-3H3. The molecule has 4 nitrogen and oxygen atoms in total. The van der Waals surface area contributed by atoms with E-state index in [2.05, 4.69) is 30.8 Å². The summed E-state index contributed by atoms with van der Waals surface area (Å²) < 4.78 is 27.5. The van der Waals surface area contributed by atoms with Crippen LogP contribution in [-0.2, 0) is 16.6 Å². The number of nitrogens with one attached hydrogen (secondary N) is 2. The Bertz CT molecular complexity index is 554. The second kappa shape index (κ2) is 6.77. The van der Waals surface area contributed by atoms with Crippen LogP contribution in [-0.4, -0.2) is 21.0 Å². The lowest BCUT2D eigenvalue weighted by Crippen LogP contribution is -2.41. The smallest absolute Gasteiger partial charge is 0.241 e. The molecule has 0 aliphatic heterocycles. The fraction of sp³-hybridized carbons (Fsp3) is 0.733. The molecule has 0 atom stereocenters. The highest BCUT2D eigenvalue weighted by atomic mass is 32.2. The predicted octanol–water partition coefficient (Wildman–Crippen LogP) is 3.10. The minimum absolute atomic E-state index is 0.200. The van der Waals surface area contributed by atoms with Crippen LogP contribution in [0.15, 0.2) is 16.3 Å². The van der Waals surface area contributed by atoms with Crippen LogP contribution in [0.4, 0.5) is 0 Å². The topological polar surface area (TPSA) is 58.2 Å². The highest BCUT2D eigenvalue weighted by Crippen LogP contribution is 2.43. The molecule has 2 rings (SSSR count). The van der Waals surface area contributed by atoms with Crippen LogP contribution in [0.3, 0.4) is 0 Å². The summed E-state index contributed by atoms with van der Waals surface area (Å²) in [5, 5.41) is 5.04. The van der Waals surface area contributed by atoms with Gasteiger partial charge in [-0.25, -0.2) is 13.1 Å². The van der Waals surface area contributed by atoms with Crippen molar-refractivity contribution >= 4 is 21.4 Å². The third-order valence-corrected chi connectivity index (χ3v) is 6.89. The summed E-state index contributed by atoms with van der Waals surface area (Å²) >= 11 is 1.50. The first-order valence-corrected chi connectivity index (χ1v) is 10.0. The van der Waals surface area contributed by atoms with E-state index < -0.39 is 10.0 Å². The van der Waals surface area contributed by atoms with Gasteiger partial charge < -0.3 is 5.32 Å².